The Morgan fingerprint density at radius 3 is 2.48 bits per heavy atom. The van der Waals surface area contributed by atoms with Crippen LogP contribution in [-0.2, 0) is 4.79 Å². The number of ether oxygens (including phenoxy) is 1. The number of benzene rings is 1. The van der Waals surface area contributed by atoms with E-state index in [-0.39, 0.29) is 11.8 Å². The van der Waals surface area contributed by atoms with Gasteiger partial charge in [-0.2, -0.15) is 0 Å². The molecule has 25 heavy (non-hydrogen) atoms. The van der Waals surface area contributed by atoms with Gasteiger partial charge in [0, 0.05) is 18.7 Å². The molecule has 1 heterocycles. The molecule has 0 spiro atoms. The molecule has 2 N–H and O–H groups in total. The van der Waals surface area contributed by atoms with Crippen LogP contribution >= 0.6 is 11.8 Å². The standard InChI is InChI=1S/C16H21N5O3S/c1-10(2)21-14(11-5-7-12(24-4)8-6-11)19-20-16(21)25-9-13(22)18-15(23)17-3/h5-8,10H,9H2,1-4H3,(H2,17,18,22,23). The minimum atomic E-state index is -0.533. The third kappa shape index (κ3) is 4.72. The summed E-state index contributed by atoms with van der Waals surface area (Å²) < 4.78 is 7.13. The van der Waals surface area contributed by atoms with E-state index in [1.54, 1.807) is 7.11 Å². The largest absolute Gasteiger partial charge is 0.497 e. The van der Waals surface area contributed by atoms with Crippen LogP contribution in [0.3, 0.4) is 0 Å². The zero-order chi connectivity index (χ0) is 18.4. The van der Waals surface area contributed by atoms with Gasteiger partial charge < -0.3 is 10.1 Å². The van der Waals surface area contributed by atoms with Gasteiger partial charge in [0.25, 0.3) is 0 Å². The van der Waals surface area contributed by atoms with Crippen molar-refractivity contribution in [3.05, 3.63) is 24.3 Å². The van der Waals surface area contributed by atoms with Crippen molar-refractivity contribution in [2.75, 3.05) is 19.9 Å². The van der Waals surface area contributed by atoms with Gasteiger partial charge in [0.05, 0.1) is 12.9 Å². The molecule has 0 saturated heterocycles. The van der Waals surface area contributed by atoms with Gasteiger partial charge in [0.15, 0.2) is 11.0 Å². The highest BCUT2D eigenvalue weighted by atomic mass is 32.2. The first-order valence-corrected chi connectivity index (χ1v) is 8.68. The molecule has 9 heteroatoms. The number of carbonyl (C=O) groups excluding carboxylic acids is 2. The fraction of sp³-hybridized carbons (Fsp3) is 0.375. The number of hydrogen-bond acceptors (Lipinski definition) is 6. The molecule has 0 unspecified atom stereocenters. The lowest BCUT2D eigenvalue weighted by Gasteiger charge is -2.14. The summed E-state index contributed by atoms with van der Waals surface area (Å²) in [6, 6.07) is 7.12. The molecule has 2 aromatic rings. The Balaban J connectivity index is 2.18. The maximum absolute atomic E-state index is 11.8. The number of rotatable bonds is 6. The second-order valence-electron chi connectivity index (χ2n) is 5.41. The zero-order valence-electron chi connectivity index (χ0n) is 14.6. The number of hydrogen-bond donors (Lipinski definition) is 2. The summed E-state index contributed by atoms with van der Waals surface area (Å²) in [4.78, 5) is 22.9. The van der Waals surface area contributed by atoms with Crippen LogP contribution in [0.15, 0.2) is 29.4 Å². The van der Waals surface area contributed by atoms with Crippen LogP contribution in [0.25, 0.3) is 11.4 Å². The topological polar surface area (TPSA) is 98.1 Å². The van der Waals surface area contributed by atoms with Crippen molar-refractivity contribution in [1.29, 1.82) is 0 Å². The summed E-state index contributed by atoms with van der Waals surface area (Å²) >= 11 is 1.23. The minimum Gasteiger partial charge on any atom is -0.497 e. The van der Waals surface area contributed by atoms with E-state index in [1.165, 1.54) is 18.8 Å². The summed E-state index contributed by atoms with van der Waals surface area (Å²) in [6.45, 7) is 4.04. The van der Waals surface area contributed by atoms with E-state index >= 15 is 0 Å². The van der Waals surface area contributed by atoms with Crippen LogP contribution in [0.5, 0.6) is 5.75 Å². The Hall–Kier alpha value is -2.55. The van der Waals surface area contributed by atoms with Crippen LogP contribution in [0.2, 0.25) is 0 Å². The third-order valence-corrected chi connectivity index (χ3v) is 4.28. The predicted octanol–water partition coefficient (Wildman–Crippen LogP) is 2.08. The molecule has 134 valence electrons. The first-order valence-electron chi connectivity index (χ1n) is 7.70. The Kier molecular flexibility index (Phi) is 6.40. The molecule has 0 saturated carbocycles. The Bertz CT molecular complexity index is 743. The fourth-order valence-electron chi connectivity index (χ4n) is 2.13. The van der Waals surface area contributed by atoms with E-state index < -0.39 is 11.9 Å². The molecule has 0 atom stereocenters. The highest BCUT2D eigenvalue weighted by Crippen LogP contribution is 2.28. The van der Waals surface area contributed by atoms with Gasteiger partial charge in [-0.1, -0.05) is 11.8 Å². The molecule has 0 aliphatic carbocycles. The molecule has 2 rings (SSSR count). The van der Waals surface area contributed by atoms with Gasteiger partial charge >= 0.3 is 6.03 Å². The normalized spacial score (nSPS) is 10.6. The van der Waals surface area contributed by atoms with E-state index in [1.807, 2.05) is 42.7 Å². The third-order valence-electron chi connectivity index (χ3n) is 3.34. The number of nitrogens with zero attached hydrogens (tertiary/aromatic N) is 3. The van der Waals surface area contributed by atoms with Crippen LogP contribution in [0, 0.1) is 0 Å². The van der Waals surface area contributed by atoms with Gasteiger partial charge in [0.2, 0.25) is 5.91 Å². The van der Waals surface area contributed by atoms with Crippen molar-refractivity contribution in [3.63, 3.8) is 0 Å². The average molecular weight is 363 g/mol. The van der Waals surface area contributed by atoms with Crippen LogP contribution in [0.1, 0.15) is 19.9 Å². The van der Waals surface area contributed by atoms with E-state index in [0.717, 1.165) is 11.3 Å². The van der Waals surface area contributed by atoms with Gasteiger partial charge in [-0.15, -0.1) is 10.2 Å². The number of thioether (sulfide) groups is 1. The molecule has 8 nitrogen and oxygen atoms in total. The lowest BCUT2D eigenvalue weighted by atomic mass is 10.2. The van der Waals surface area contributed by atoms with Crippen molar-refractivity contribution in [1.82, 2.24) is 25.4 Å². The highest BCUT2D eigenvalue weighted by Gasteiger charge is 2.18. The molecule has 0 bridgehead atoms. The number of urea groups is 1. The zero-order valence-corrected chi connectivity index (χ0v) is 15.4. The highest BCUT2D eigenvalue weighted by molar-refractivity contribution is 7.99. The monoisotopic (exact) mass is 363 g/mol. The molecule has 1 aromatic heterocycles. The van der Waals surface area contributed by atoms with E-state index in [2.05, 4.69) is 20.8 Å². The predicted molar refractivity (Wildman–Crippen MR) is 95.7 cm³/mol. The molecule has 0 fully saturated rings. The Morgan fingerprint density at radius 2 is 1.92 bits per heavy atom. The lowest BCUT2D eigenvalue weighted by Crippen LogP contribution is -2.38. The first kappa shape index (κ1) is 18.8. The van der Waals surface area contributed by atoms with Crippen molar-refractivity contribution in [3.8, 4) is 17.1 Å². The van der Waals surface area contributed by atoms with Crippen molar-refractivity contribution in [2.45, 2.75) is 25.0 Å². The molecule has 1 aromatic carbocycles. The summed E-state index contributed by atoms with van der Waals surface area (Å²) in [7, 11) is 3.07. The smallest absolute Gasteiger partial charge is 0.321 e. The summed E-state index contributed by atoms with van der Waals surface area (Å²) in [5, 5.41) is 13.6. The summed E-state index contributed by atoms with van der Waals surface area (Å²) in [5.41, 5.74) is 0.906. The summed E-state index contributed by atoms with van der Waals surface area (Å²) in [6.07, 6.45) is 0. The molecular weight excluding hydrogens is 342 g/mol. The van der Waals surface area contributed by atoms with Crippen molar-refractivity contribution < 1.29 is 14.3 Å². The second kappa shape index (κ2) is 8.52. The molecule has 0 radical (unpaired) electrons. The fourth-order valence-corrected chi connectivity index (χ4v) is 3.00. The quantitative estimate of drug-likeness (QED) is 0.763. The van der Waals surface area contributed by atoms with Crippen LogP contribution < -0.4 is 15.4 Å². The second-order valence-corrected chi connectivity index (χ2v) is 6.36. The Morgan fingerprint density at radius 1 is 1.24 bits per heavy atom. The maximum atomic E-state index is 11.8. The number of amides is 3. The van der Waals surface area contributed by atoms with E-state index in [4.69, 9.17) is 4.74 Å². The van der Waals surface area contributed by atoms with Gasteiger partial charge in [-0.3, -0.25) is 14.7 Å². The average Bonchev–Trinajstić information content (AvgIpc) is 3.04. The van der Waals surface area contributed by atoms with Gasteiger partial charge in [-0.25, -0.2) is 4.79 Å². The number of carbonyl (C=O) groups is 2. The number of methoxy groups -OCH3 is 1. The molecule has 0 aliphatic heterocycles. The Labute approximate surface area is 150 Å². The van der Waals surface area contributed by atoms with Gasteiger partial charge in [0.1, 0.15) is 5.75 Å². The van der Waals surface area contributed by atoms with Gasteiger partial charge in [-0.05, 0) is 38.1 Å². The lowest BCUT2D eigenvalue weighted by molar-refractivity contribution is -0.117. The number of nitrogens with one attached hydrogen (secondary N) is 2. The number of aromatic nitrogens is 3. The van der Waals surface area contributed by atoms with Crippen LogP contribution in [-0.4, -0.2) is 46.6 Å². The first-order chi connectivity index (χ1) is 12.0. The molecular formula is C16H21N5O3S. The van der Waals surface area contributed by atoms with Crippen molar-refractivity contribution >= 4 is 23.7 Å². The van der Waals surface area contributed by atoms with Crippen LogP contribution in [0.4, 0.5) is 4.79 Å². The maximum Gasteiger partial charge on any atom is 0.321 e. The molecule has 0 aliphatic rings. The summed E-state index contributed by atoms with van der Waals surface area (Å²) in [5.74, 6) is 1.15. The van der Waals surface area contributed by atoms with E-state index in [0.29, 0.717) is 11.0 Å². The van der Waals surface area contributed by atoms with Crippen molar-refractivity contribution in [2.24, 2.45) is 0 Å². The number of imide groups is 1. The van der Waals surface area contributed by atoms with E-state index in [9.17, 15) is 9.59 Å². The minimum absolute atomic E-state index is 0.0703. The molecule has 3 amide bonds. The SMILES string of the molecule is CNC(=O)NC(=O)CSc1nnc(-c2ccc(OC)cc2)n1C(C)C.